The van der Waals surface area contributed by atoms with Gasteiger partial charge in [-0.15, -0.1) is 0 Å². The van der Waals surface area contributed by atoms with E-state index in [4.69, 9.17) is 0 Å². The van der Waals surface area contributed by atoms with Crippen LogP contribution in [0.3, 0.4) is 0 Å². The number of hydrogen-bond donors (Lipinski definition) is 1. The van der Waals surface area contributed by atoms with Gasteiger partial charge >= 0.3 is 0 Å². The molecule has 0 spiro atoms. The maximum absolute atomic E-state index is 3.72. The highest BCUT2D eigenvalue weighted by molar-refractivity contribution is 5.29. The fourth-order valence-electron chi connectivity index (χ4n) is 2.63. The van der Waals surface area contributed by atoms with Crippen molar-refractivity contribution in [2.24, 2.45) is 5.41 Å². The second-order valence-corrected chi connectivity index (χ2v) is 7.18. The largest absolute Gasteiger partial charge is 0.313 e. The molecule has 0 amide bonds. The Labute approximate surface area is 126 Å². The number of benzene rings is 1. The Balaban J connectivity index is 2.49. The molecule has 0 bridgehead atoms. The Bertz CT molecular complexity index is 401. The average molecular weight is 275 g/mol. The van der Waals surface area contributed by atoms with Crippen molar-refractivity contribution in [1.29, 1.82) is 0 Å². The Kier molecular flexibility index (Phi) is 6.75. The highest BCUT2D eigenvalue weighted by Crippen LogP contribution is 2.24. The molecule has 1 aromatic carbocycles. The Morgan fingerprint density at radius 3 is 2.35 bits per heavy atom. The normalized spacial score (nSPS) is 13.5. The lowest BCUT2D eigenvalue weighted by molar-refractivity contribution is 0.251. The van der Waals surface area contributed by atoms with Crippen molar-refractivity contribution in [2.75, 3.05) is 6.54 Å². The summed E-state index contributed by atoms with van der Waals surface area (Å²) in [6.07, 6.45) is 4.93. The van der Waals surface area contributed by atoms with Crippen molar-refractivity contribution in [2.45, 2.75) is 73.3 Å². The maximum Gasteiger partial charge on any atom is 0.0116 e. The molecule has 1 heteroatoms. The standard InChI is InChI=1S/C19H33N/c1-7-13-20-18(19(4,5)6)10-8-9-17-12-11-15(2)16(3)14-17/h11-12,14,18,20H,7-10,13H2,1-6H3. The molecule has 0 aliphatic carbocycles. The third kappa shape index (κ3) is 5.66. The molecule has 20 heavy (non-hydrogen) atoms. The van der Waals surface area contributed by atoms with Gasteiger partial charge in [0.25, 0.3) is 0 Å². The van der Waals surface area contributed by atoms with Crippen molar-refractivity contribution >= 4 is 0 Å². The molecule has 0 aromatic heterocycles. The fourth-order valence-corrected chi connectivity index (χ4v) is 2.63. The van der Waals surface area contributed by atoms with Crippen molar-refractivity contribution in [1.82, 2.24) is 5.32 Å². The lowest BCUT2D eigenvalue weighted by atomic mass is 9.83. The second kappa shape index (κ2) is 7.83. The molecule has 1 N–H and O–H groups in total. The molecular formula is C19H33N. The molecule has 1 unspecified atom stereocenters. The van der Waals surface area contributed by atoms with E-state index in [1.54, 1.807) is 0 Å². The van der Waals surface area contributed by atoms with Gasteiger partial charge < -0.3 is 5.32 Å². The van der Waals surface area contributed by atoms with E-state index >= 15 is 0 Å². The van der Waals surface area contributed by atoms with E-state index in [2.05, 4.69) is 65.1 Å². The third-order valence-corrected chi connectivity index (χ3v) is 4.22. The molecule has 1 rings (SSSR count). The summed E-state index contributed by atoms with van der Waals surface area (Å²) in [5, 5.41) is 3.72. The van der Waals surface area contributed by atoms with Crippen LogP contribution in [0.25, 0.3) is 0 Å². The van der Waals surface area contributed by atoms with E-state index in [1.165, 1.54) is 42.4 Å². The van der Waals surface area contributed by atoms with Crippen molar-refractivity contribution in [3.63, 3.8) is 0 Å². The van der Waals surface area contributed by atoms with Crippen LogP contribution in [0.5, 0.6) is 0 Å². The van der Waals surface area contributed by atoms with Crippen LogP contribution >= 0.6 is 0 Å². The van der Waals surface area contributed by atoms with Gasteiger partial charge in [-0.25, -0.2) is 0 Å². The van der Waals surface area contributed by atoms with Crippen LogP contribution in [0, 0.1) is 19.3 Å². The molecule has 0 saturated carbocycles. The van der Waals surface area contributed by atoms with E-state index in [9.17, 15) is 0 Å². The molecule has 0 saturated heterocycles. The summed E-state index contributed by atoms with van der Waals surface area (Å²) in [5.74, 6) is 0. The Morgan fingerprint density at radius 2 is 1.80 bits per heavy atom. The molecule has 114 valence electrons. The quantitative estimate of drug-likeness (QED) is 0.735. The molecule has 0 aliphatic rings. The molecule has 0 heterocycles. The first-order valence-electron chi connectivity index (χ1n) is 8.14. The molecule has 0 fully saturated rings. The zero-order valence-electron chi connectivity index (χ0n) is 14.3. The van der Waals surface area contributed by atoms with Gasteiger partial charge in [0.15, 0.2) is 0 Å². The maximum atomic E-state index is 3.72. The topological polar surface area (TPSA) is 12.0 Å². The average Bonchev–Trinajstić information content (AvgIpc) is 2.36. The first-order chi connectivity index (χ1) is 9.34. The van der Waals surface area contributed by atoms with Gasteiger partial charge in [0.1, 0.15) is 0 Å². The lowest BCUT2D eigenvalue weighted by Crippen LogP contribution is -2.40. The summed E-state index contributed by atoms with van der Waals surface area (Å²) in [5.41, 5.74) is 4.64. The molecular weight excluding hydrogens is 242 g/mol. The number of aryl methyl sites for hydroxylation is 3. The van der Waals surface area contributed by atoms with Crippen LogP contribution < -0.4 is 5.32 Å². The van der Waals surface area contributed by atoms with Crippen molar-refractivity contribution in [3.8, 4) is 0 Å². The van der Waals surface area contributed by atoms with Crippen LogP contribution in [0.4, 0.5) is 0 Å². The molecule has 0 aliphatic heterocycles. The lowest BCUT2D eigenvalue weighted by Gasteiger charge is -2.32. The first kappa shape index (κ1) is 17.2. The smallest absolute Gasteiger partial charge is 0.0116 e. The van der Waals surface area contributed by atoms with E-state index in [1.807, 2.05) is 0 Å². The highest BCUT2D eigenvalue weighted by Gasteiger charge is 2.23. The summed E-state index contributed by atoms with van der Waals surface area (Å²) in [6.45, 7) is 14.8. The van der Waals surface area contributed by atoms with Gasteiger partial charge in [-0.2, -0.15) is 0 Å². The summed E-state index contributed by atoms with van der Waals surface area (Å²) >= 11 is 0. The molecule has 0 radical (unpaired) electrons. The third-order valence-electron chi connectivity index (χ3n) is 4.22. The van der Waals surface area contributed by atoms with Gasteiger partial charge in [0, 0.05) is 6.04 Å². The zero-order valence-corrected chi connectivity index (χ0v) is 14.3. The van der Waals surface area contributed by atoms with E-state index < -0.39 is 0 Å². The van der Waals surface area contributed by atoms with Crippen LogP contribution in [0.15, 0.2) is 18.2 Å². The molecule has 1 atom stereocenters. The highest BCUT2D eigenvalue weighted by atomic mass is 14.9. The van der Waals surface area contributed by atoms with Gasteiger partial charge in [0.2, 0.25) is 0 Å². The van der Waals surface area contributed by atoms with Crippen LogP contribution in [0.1, 0.15) is 63.6 Å². The molecule has 1 aromatic rings. The summed E-state index contributed by atoms with van der Waals surface area (Å²) in [6, 6.07) is 7.50. The Morgan fingerprint density at radius 1 is 1.10 bits per heavy atom. The minimum absolute atomic E-state index is 0.346. The minimum atomic E-state index is 0.346. The fraction of sp³-hybridized carbons (Fsp3) is 0.684. The van der Waals surface area contributed by atoms with Gasteiger partial charge in [-0.1, -0.05) is 45.9 Å². The number of rotatable bonds is 7. The van der Waals surface area contributed by atoms with Crippen molar-refractivity contribution in [3.05, 3.63) is 34.9 Å². The van der Waals surface area contributed by atoms with Gasteiger partial charge in [-0.3, -0.25) is 0 Å². The van der Waals surface area contributed by atoms with Gasteiger partial charge in [0.05, 0.1) is 0 Å². The van der Waals surface area contributed by atoms with Crippen molar-refractivity contribution < 1.29 is 0 Å². The SMILES string of the molecule is CCCNC(CCCc1ccc(C)c(C)c1)C(C)(C)C. The Hall–Kier alpha value is -0.820. The summed E-state index contributed by atoms with van der Waals surface area (Å²) < 4.78 is 0. The number of hydrogen-bond acceptors (Lipinski definition) is 1. The predicted molar refractivity (Wildman–Crippen MR) is 90.4 cm³/mol. The second-order valence-electron chi connectivity index (χ2n) is 7.18. The van der Waals surface area contributed by atoms with Crippen LogP contribution in [-0.4, -0.2) is 12.6 Å². The van der Waals surface area contributed by atoms with Crippen LogP contribution in [-0.2, 0) is 6.42 Å². The summed E-state index contributed by atoms with van der Waals surface area (Å²) in [7, 11) is 0. The first-order valence-corrected chi connectivity index (χ1v) is 8.14. The van der Waals surface area contributed by atoms with Crippen LogP contribution in [0.2, 0.25) is 0 Å². The van der Waals surface area contributed by atoms with E-state index in [0.29, 0.717) is 11.5 Å². The van der Waals surface area contributed by atoms with E-state index in [-0.39, 0.29) is 0 Å². The zero-order chi connectivity index (χ0) is 15.2. The minimum Gasteiger partial charge on any atom is -0.313 e. The monoisotopic (exact) mass is 275 g/mol. The van der Waals surface area contributed by atoms with Gasteiger partial charge in [-0.05, 0) is 68.2 Å². The number of nitrogens with one attached hydrogen (secondary N) is 1. The molecule has 1 nitrogen and oxygen atoms in total. The summed E-state index contributed by atoms with van der Waals surface area (Å²) in [4.78, 5) is 0. The van der Waals surface area contributed by atoms with E-state index in [0.717, 1.165) is 6.54 Å². The predicted octanol–water partition coefficient (Wildman–Crippen LogP) is 5.04.